The topological polar surface area (TPSA) is 77.2 Å². The molecule has 4 rings (SSSR count). The summed E-state index contributed by atoms with van der Waals surface area (Å²) in [5.41, 5.74) is 1.55. The van der Waals surface area contributed by atoms with E-state index in [0.717, 1.165) is 49.1 Å². The minimum Gasteiger partial charge on any atom is -0.379 e. The molecule has 0 atom stereocenters. The van der Waals surface area contributed by atoms with E-state index in [4.69, 9.17) is 14.7 Å². The number of unbranched alkanes of at least 4 members (excludes halogenated alkanes) is 1. The number of aliphatic hydroxyl groups is 1. The van der Waals surface area contributed by atoms with E-state index >= 15 is 0 Å². The van der Waals surface area contributed by atoms with Gasteiger partial charge in [-0.25, -0.2) is 9.97 Å². The van der Waals surface area contributed by atoms with Crippen LogP contribution in [0.1, 0.15) is 83.3 Å². The van der Waals surface area contributed by atoms with E-state index in [-0.39, 0.29) is 5.41 Å². The molecule has 0 amide bonds. The predicted octanol–water partition coefficient (Wildman–Crippen LogP) is 4.09. The number of aryl methyl sites for hydroxylation is 1. The van der Waals surface area contributed by atoms with Crippen LogP contribution in [0.15, 0.2) is 12.1 Å². The van der Waals surface area contributed by atoms with Crippen molar-refractivity contribution in [2.24, 2.45) is 5.41 Å². The van der Waals surface area contributed by atoms with E-state index < -0.39 is 5.60 Å². The highest BCUT2D eigenvalue weighted by molar-refractivity contribution is 5.78. The van der Waals surface area contributed by atoms with Gasteiger partial charge in [0.05, 0.1) is 18.9 Å². The molecule has 3 heterocycles. The van der Waals surface area contributed by atoms with Gasteiger partial charge in [-0.1, -0.05) is 20.8 Å². The van der Waals surface area contributed by atoms with Gasteiger partial charge >= 0.3 is 0 Å². The minimum absolute atomic E-state index is 0.0637. The van der Waals surface area contributed by atoms with Crippen molar-refractivity contribution in [3.63, 3.8) is 0 Å². The van der Waals surface area contributed by atoms with E-state index in [1.165, 1.54) is 6.42 Å². The third kappa shape index (κ3) is 4.38. The third-order valence-electron chi connectivity index (χ3n) is 6.04. The van der Waals surface area contributed by atoms with E-state index in [0.29, 0.717) is 43.6 Å². The Morgan fingerprint density at radius 2 is 2.00 bits per heavy atom. The van der Waals surface area contributed by atoms with Crippen LogP contribution in [-0.4, -0.2) is 38.6 Å². The highest BCUT2D eigenvalue weighted by Gasteiger charge is 2.40. The standard InChI is InChI=1S/C23H33N3O3/c1-22(2,3)13-17(27)9-4-5-10-20-24-18-11-12-19(23(28)14-29-15-23)25-21(18)26(20)16-7-6-8-16/h11-12,16,28H,4-10,13-15H2,1-3H3. The normalized spacial score (nSPS) is 19.2. The Kier molecular flexibility index (Phi) is 5.51. The van der Waals surface area contributed by atoms with Crippen LogP contribution < -0.4 is 0 Å². The fourth-order valence-electron chi connectivity index (χ4n) is 4.21. The Hall–Kier alpha value is -1.79. The Balaban J connectivity index is 1.48. The monoisotopic (exact) mass is 399 g/mol. The van der Waals surface area contributed by atoms with Gasteiger partial charge in [0.1, 0.15) is 17.1 Å². The van der Waals surface area contributed by atoms with Crippen molar-refractivity contribution in [1.82, 2.24) is 14.5 Å². The summed E-state index contributed by atoms with van der Waals surface area (Å²) >= 11 is 0. The number of ketones is 1. The van der Waals surface area contributed by atoms with E-state index in [1.54, 1.807) is 0 Å². The molecule has 0 bridgehead atoms. The first-order chi connectivity index (χ1) is 13.8. The molecule has 0 aromatic carbocycles. The van der Waals surface area contributed by atoms with E-state index in [1.807, 2.05) is 12.1 Å². The van der Waals surface area contributed by atoms with Gasteiger partial charge in [-0.15, -0.1) is 0 Å². The van der Waals surface area contributed by atoms with Gasteiger partial charge in [0.15, 0.2) is 11.2 Å². The first-order valence-electron chi connectivity index (χ1n) is 11.0. The second kappa shape index (κ2) is 7.80. The highest BCUT2D eigenvalue weighted by Crippen LogP contribution is 2.36. The molecule has 29 heavy (non-hydrogen) atoms. The molecule has 2 fully saturated rings. The SMILES string of the molecule is CC(C)(C)CC(=O)CCCCc1nc2ccc(C3(O)COC3)nc2n1C1CCC1. The van der Waals surface area contributed by atoms with Gasteiger partial charge < -0.3 is 14.4 Å². The Morgan fingerprint density at radius 1 is 1.24 bits per heavy atom. The fourth-order valence-corrected chi connectivity index (χ4v) is 4.21. The lowest BCUT2D eigenvalue weighted by molar-refractivity contribution is -0.186. The molecule has 1 aliphatic carbocycles. The fraction of sp³-hybridized carbons (Fsp3) is 0.696. The van der Waals surface area contributed by atoms with Crippen molar-refractivity contribution in [3.8, 4) is 0 Å². The number of ether oxygens (including phenoxy) is 1. The third-order valence-corrected chi connectivity index (χ3v) is 6.04. The molecular weight excluding hydrogens is 366 g/mol. The molecule has 0 radical (unpaired) electrons. The number of hydrogen-bond acceptors (Lipinski definition) is 5. The second-order valence-electron chi connectivity index (χ2n) is 10.0. The Bertz CT molecular complexity index is 889. The summed E-state index contributed by atoms with van der Waals surface area (Å²) in [6.45, 7) is 6.94. The van der Waals surface area contributed by atoms with Crippen LogP contribution in [0.5, 0.6) is 0 Å². The van der Waals surface area contributed by atoms with Crippen LogP contribution in [0.2, 0.25) is 0 Å². The average molecular weight is 400 g/mol. The lowest BCUT2D eigenvalue weighted by Crippen LogP contribution is -2.47. The van der Waals surface area contributed by atoms with Crippen molar-refractivity contribution in [1.29, 1.82) is 0 Å². The number of hydrogen-bond donors (Lipinski definition) is 1. The van der Waals surface area contributed by atoms with Crippen molar-refractivity contribution >= 4 is 16.9 Å². The second-order valence-corrected chi connectivity index (χ2v) is 10.0. The van der Waals surface area contributed by atoms with Crippen LogP contribution in [0.25, 0.3) is 11.2 Å². The van der Waals surface area contributed by atoms with Gasteiger partial charge in [-0.2, -0.15) is 0 Å². The molecule has 2 aromatic heterocycles. The summed E-state index contributed by atoms with van der Waals surface area (Å²) in [6.07, 6.45) is 7.56. The van der Waals surface area contributed by atoms with Gasteiger partial charge in [0.2, 0.25) is 0 Å². The lowest BCUT2D eigenvalue weighted by Gasteiger charge is -2.35. The molecule has 6 heteroatoms. The minimum atomic E-state index is -0.962. The molecule has 1 N–H and O–H groups in total. The summed E-state index contributed by atoms with van der Waals surface area (Å²) in [5, 5.41) is 10.6. The molecule has 2 aromatic rings. The van der Waals surface area contributed by atoms with Crippen molar-refractivity contribution in [2.75, 3.05) is 13.2 Å². The summed E-state index contributed by atoms with van der Waals surface area (Å²) < 4.78 is 7.49. The largest absolute Gasteiger partial charge is 0.379 e. The smallest absolute Gasteiger partial charge is 0.160 e. The number of carbonyl (C=O) groups excluding carboxylic acids is 1. The maximum atomic E-state index is 12.1. The predicted molar refractivity (Wildman–Crippen MR) is 112 cm³/mol. The number of pyridine rings is 1. The number of nitrogens with zero attached hydrogens (tertiary/aromatic N) is 3. The molecule has 0 spiro atoms. The molecule has 158 valence electrons. The van der Waals surface area contributed by atoms with Gasteiger partial charge in [-0.05, 0) is 49.7 Å². The van der Waals surface area contributed by atoms with E-state index in [2.05, 4.69) is 25.3 Å². The summed E-state index contributed by atoms with van der Waals surface area (Å²) in [7, 11) is 0. The summed E-state index contributed by atoms with van der Waals surface area (Å²) in [4.78, 5) is 21.8. The van der Waals surface area contributed by atoms with Gasteiger partial charge in [-0.3, -0.25) is 4.79 Å². The van der Waals surface area contributed by atoms with Gasteiger partial charge in [0, 0.05) is 25.3 Å². The quantitative estimate of drug-likeness (QED) is 0.677. The average Bonchev–Trinajstić information content (AvgIpc) is 2.91. The maximum absolute atomic E-state index is 12.1. The lowest BCUT2D eigenvalue weighted by atomic mass is 9.88. The molecule has 1 saturated heterocycles. The van der Waals surface area contributed by atoms with Crippen LogP contribution in [0, 0.1) is 5.41 Å². The Morgan fingerprint density at radius 3 is 2.59 bits per heavy atom. The number of carbonyl (C=O) groups is 1. The number of imidazole rings is 1. The van der Waals surface area contributed by atoms with Crippen molar-refractivity contribution in [2.45, 2.75) is 83.8 Å². The zero-order valence-corrected chi connectivity index (χ0v) is 17.9. The molecular formula is C23H33N3O3. The molecule has 0 unspecified atom stereocenters. The molecule has 1 saturated carbocycles. The van der Waals surface area contributed by atoms with Crippen molar-refractivity contribution in [3.05, 3.63) is 23.7 Å². The first kappa shape index (κ1) is 20.5. The van der Waals surface area contributed by atoms with Crippen LogP contribution in [0.4, 0.5) is 0 Å². The molecule has 2 aliphatic rings. The van der Waals surface area contributed by atoms with Crippen LogP contribution in [-0.2, 0) is 21.6 Å². The summed E-state index contributed by atoms with van der Waals surface area (Å²) in [5.74, 6) is 1.42. The highest BCUT2D eigenvalue weighted by atomic mass is 16.5. The molecule has 6 nitrogen and oxygen atoms in total. The Labute approximate surface area is 172 Å². The van der Waals surface area contributed by atoms with Crippen molar-refractivity contribution < 1.29 is 14.6 Å². The maximum Gasteiger partial charge on any atom is 0.160 e. The van der Waals surface area contributed by atoms with Crippen LogP contribution in [0.3, 0.4) is 0 Å². The number of fused-ring (bicyclic) bond motifs is 1. The zero-order chi connectivity index (χ0) is 20.6. The first-order valence-corrected chi connectivity index (χ1v) is 11.0. The zero-order valence-electron chi connectivity index (χ0n) is 17.9. The van der Waals surface area contributed by atoms with Gasteiger partial charge in [0.25, 0.3) is 0 Å². The number of Topliss-reactive ketones (excluding diaryl/α,β-unsaturated/α-hetero) is 1. The number of rotatable bonds is 8. The summed E-state index contributed by atoms with van der Waals surface area (Å²) in [6, 6.07) is 4.30. The van der Waals surface area contributed by atoms with E-state index in [9.17, 15) is 9.90 Å². The van der Waals surface area contributed by atoms with Crippen LogP contribution >= 0.6 is 0 Å². The number of aromatic nitrogens is 3. The molecule has 1 aliphatic heterocycles.